The van der Waals surface area contributed by atoms with Crippen LogP contribution in [0.5, 0.6) is 23.0 Å². The minimum Gasteiger partial charge on any atom is -0.491 e. The van der Waals surface area contributed by atoms with Crippen molar-refractivity contribution in [1.82, 2.24) is 0 Å². The minimum atomic E-state index is -0.772. The second kappa shape index (κ2) is 15.5. The van der Waals surface area contributed by atoms with Crippen LogP contribution in [0.3, 0.4) is 0 Å². The summed E-state index contributed by atoms with van der Waals surface area (Å²) in [6.45, 7) is 11.8. The Bertz CT molecular complexity index is 1420. The number of epoxide rings is 2. The predicted molar refractivity (Wildman–Crippen MR) is 177 cm³/mol. The molecule has 1 radical (unpaired) electrons. The Balaban J connectivity index is 0.00000433. The predicted octanol–water partition coefficient (Wildman–Crippen LogP) is 6.71. The van der Waals surface area contributed by atoms with Gasteiger partial charge in [0.25, 0.3) is 0 Å². The molecule has 2 heterocycles. The van der Waals surface area contributed by atoms with Crippen LogP contribution in [0.25, 0.3) is 0 Å². The van der Waals surface area contributed by atoms with Crippen molar-refractivity contribution in [2.45, 2.75) is 56.8 Å². The van der Waals surface area contributed by atoms with Gasteiger partial charge in [0.2, 0.25) is 0 Å². The van der Waals surface area contributed by atoms with Crippen LogP contribution in [0.4, 0.5) is 0 Å². The van der Waals surface area contributed by atoms with E-state index in [0.29, 0.717) is 24.7 Å². The van der Waals surface area contributed by atoms with Crippen molar-refractivity contribution in [1.29, 1.82) is 0 Å². The van der Waals surface area contributed by atoms with Gasteiger partial charge in [-0.3, -0.25) is 0 Å². The molecular weight excluding hydrogens is 669 g/mol. The molecule has 4 aromatic carbocycles. The normalized spacial score (nSPS) is 17.6. The third kappa shape index (κ3) is 9.58. The molecule has 0 aromatic heterocycles. The van der Waals surface area contributed by atoms with Crippen LogP contribution in [0.1, 0.15) is 49.9 Å². The van der Waals surface area contributed by atoms with Crippen LogP contribution in [0.2, 0.25) is 0 Å². The maximum atomic E-state index is 10.5. The Labute approximate surface area is 303 Å². The molecule has 0 saturated carbocycles. The second-order valence-electron chi connectivity index (χ2n) is 13.2. The van der Waals surface area contributed by atoms with E-state index in [-0.39, 0.29) is 69.0 Å². The van der Waals surface area contributed by atoms with Crippen molar-refractivity contribution in [3.8, 4) is 23.0 Å². The molecule has 1 N–H and O–H groups in total. The van der Waals surface area contributed by atoms with Crippen LogP contribution in [0.15, 0.2) is 97.1 Å². The van der Waals surface area contributed by atoms with Gasteiger partial charge in [0.15, 0.2) is 0 Å². The average molecular weight is 714 g/mol. The van der Waals surface area contributed by atoms with Gasteiger partial charge in [0.1, 0.15) is 67.7 Å². The van der Waals surface area contributed by atoms with Gasteiger partial charge in [-0.2, -0.15) is 0 Å². The van der Waals surface area contributed by atoms with Gasteiger partial charge in [0.05, 0.1) is 13.2 Å². The average Bonchev–Trinajstić information content (AvgIpc) is 4.01. The standard InChI is InChI=1S/C39H44O7.Y/c1-38(2,29-9-17-34(18-10-29)43-23-36-25-45-36)27-5-13-32(14-6-27)41-21-31(40)22-42-33-15-7-28(8-16-33)39(3,4)30-11-19-35(20-12-30)44-24-37-26-46-37;/h5-20,31,36-37,40H,21-26H2,1-4H3;. The molecule has 2 saturated heterocycles. The fourth-order valence-corrected chi connectivity index (χ4v) is 5.34. The molecular formula is C39H44O7Y. The van der Waals surface area contributed by atoms with E-state index < -0.39 is 6.10 Å². The zero-order chi connectivity index (χ0) is 32.1. The summed E-state index contributed by atoms with van der Waals surface area (Å²) in [4.78, 5) is 0. The van der Waals surface area contributed by atoms with E-state index in [0.717, 1.165) is 24.7 Å². The number of aliphatic hydroxyl groups is 1. The van der Waals surface area contributed by atoms with Gasteiger partial charge in [-0.1, -0.05) is 76.2 Å². The molecule has 2 atom stereocenters. The van der Waals surface area contributed by atoms with Gasteiger partial charge in [-0.15, -0.1) is 0 Å². The maximum absolute atomic E-state index is 10.5. The summed E-state index contributed by atoms with van der Waals surface area (Å²) in [5, 5.41) is 10.5. The van der Waals surface area contributed by atoms with E-state index in [1.165, 1.54) is 22.3 Å². The molecule has 47 heavy (non-hydrogen) atoms. The van der Waals surface area contributed by atoms with Crippen molar-refractivity contribution in [3.63, 3.8) is 0 Å². The molecule has 2 aliphatic heterocycles. The Kier molecular flexibility index (Phi) is 11.7. The summed E-state index contributed by atoms with van der Waals surface area (Å²) < 4.78 is 33.7. The zero-order valence-corrected chi connectivity index (χ0v) is 30.5. The van der Waals surface area contributed by atoms with E-state index in [1.807, 2.05) is 48.5 Å². The number of hydrogen-bond donors (Lipinski definition) is 1. The fourth-order valence-electron chi connectivity index (χ4n) is 5.34. The Morgan fingerprint density at radius 1 is 0.532 bits per heavy atom. The van der Waals surface area contributed by atoms with Crippen molar-refractivity contribution in [2.75, 3.05) is 39.6 Å². The van der Waals surface area contributed by atoms with Crippen LogP contribution in [-0.2, 0) is 53.0 Å². The van der Waals surface area contributed by atoms with Gasteiger partial charge in [-0.25, -0.2) is 0 Å². The molecule has 7 nitrogen and oxygen atoms in total. The molecule has 245 valence electrons. The van der Waals surface area contributed by atoms with E-state index >= 15 is 0 Å². The molecule has 0 bridgehead atoms. The number of aliphatic hydroxyl groups excluding tert-OH is 1. The minimum absolute atomic E-state index is 0. The molecule has 4 aromatic rings. The summed E-state index contributed by atoms with van der Waals surface area (Å²) in [5.74, 6) is 3.11. The maximum Gasteiger partial charge on any atom is 0.122 e. The van der Waals surface area contributed by atoms with Crippen molar-refractivity contribution < 1.29 is 66.2 Å². The van der Waals surface area contributed by atoms with Gasteiger partial charge in [-0.05, 0) is 70.8 Å². The van der Waals surface area contributed by atoms with E-state index in [1.54, 1.807) is 0 Å². The fraction of sp³-hybridized carbons (Fsp3) is 0.385. The first-order valence-corrected chi connectivity index (χ1v) is 16.0. The second-order valence-corrected chi connectivity index (χ2v) is 13.2. The number of ether oxygens (including phenoxy) is 6. The van der Waals surface area contributed by atoms with Crippen LogP contribution in [-0.4, -0.2) is 63.1 Å². The molecule has 2 unspecified atom stereocenters. The molecule has 0 aliphatic carbocycles. The quantitative estimate of drug-likeness (QED) is 0.129. The van der Waals surface area contributed by atoms with Crippen molar-refractivity contribution in [2.24, 2.45) is 0 Å². The van der Waals surface area contributed by atoms with Crippen LogP contribution < -0.4 is 18.9 Å². The molecule has 0 spiro atoms. The first-order chi connectivity index (χ1) is 22.2. The van der Waals surface area contributed by atoms with E-state index in [9.17, 15) is 5.11 Å². The summed E-state index contributed by atoms with van der Waals surface area (Å²) in [6.07, 6.45) is -0.289. The Hall–Kier alpha value is -2.94. The number of benzene rings is 4. The summed E-state index contributed by atoms with van der Waals surface area (Å²) in [5.41, 5.74) is 4.33. The summed E-state index contributed by atoms with van der Waals surface area (Å²) in [7, 11) is 0. The third-order valence-corrected chi connectivity index (χ3v) is 8.87. The first kappa shape index (κ1) is 35.4. The molecule has 0 amide bonds. The van der Waals surface area contributed by atoms with Crippen molar-refractivity contribution in [3.05, 3.63) is 119 Å². The van der Waals surface area contributed by atoms with E-state index in [2.05, 4.69) is 76.2 Å². The summed E-state index contributed by atoms with van der Waals surface area (Å²) in [6, 6.07) is 32.6. The van der Waals surface area contributed by atoms with Crippen LogP contribution >= 0.6 is 0 Å². The largest absolute Gasteiger partial charge is 0.491 e. The Morgan fingerprint density at radius 2 is 0.787 bits per heavy atom. The molecule has 8 heteroatoms. The molecule has 6 rings (SSSR count). The SMILES string of the molecule is CC(C)(c1ccc(OCC(O)COc2ccc(C(C)(C)c3ccc(OCC4CO4)cc3)cc2)cc1)c1ccc(OCC2CO2)cc1.[Y]. The Morgan fingerprint density at radius 3 is 1.04 bits per heavy atom. The van der Waals surface area contributed by atoms with Crippen LogP contribution in [0, 0.1) is 0 Å². The monoisotopic (exact) mass is 713 g/mol. The van der Waals surface area contributed by atoms with Gasteiger partial charge < -0.3 is 33.5 Å². The van der Waals surface area contributed by atoms with Gasteiger partial charge >= 0.3 is 0 Å². The van der Waals surface area contributed by atoms with E-state index in [4.69, 9.17) is 28.4 Å². The summed E-state index contributed by atoms with van der Waals surface area (Å²) >= 11 is 0. The number of rotatable bonds is 16. The molecule has 2 fully saturated rings. The van der Waals surface area contributed by atoms with Crippen molar-refractivity contribution >= 4 is 0 Å². The van der Waals surface area contributed by atoms with Gasteiger partial charge in [0, 0.05) is 43.5 Å². The molecule has 2 aliphatic rings. The third-order valence-electron chi connectivity index (χ3n) is 8.87. The topological polar surface area (TPSA) is 82.2 Å². The smallest absolute Gasteiger partial charge is 0.122 e. The zero-order valence-electron chi connectivity index (χ0n) is 27.7. The first-order valence-electron chi connectivity index (χ1n) is 16.0. The number of hydrogen-bond acceptors (Lipinski definition) is 7.